The van der Waals surface area contributed by atoms with Gasteiger partial charge in [-0.25, -0.2) is 9.59 Å². The van der Waals surface area contributed by atoms with E-state index >= 15 is 0 Å². The molecule has 0 unspecified atom stereocenters. The number of rotatable bonds is 4. The number of esters is 2. The maximum atomic E-state index is 10.6. The average Bonchev–Trinajstić information content (AvgIpc) is 2.10. The summed E-state index contributed by atoms with van der Waals surface area (Å²) in [4.78, 5) is 21.2. The number of alkyl halides is 2. The van der Waals surface area contributed by atoms with E-state index in [1.165, 1.54) is 0 Å². The molecule has 0 aromatic carbocycles. The highest BCUT2D eigenvalue weighted by Gasteiger charge is 2.15. The maximum absolute atomic E-state index is 10.6. The van der Waals surface area contributed by atoms with E-state index in [0.717, 1.165) is 0 Å². The van der Waals surface area contributed by atoms with Gasteiger partial charge in [-0.3, -0.25) is 0 Å². The van der Waals surface area contributed by atoms with Crippen molar-refractivity contribution >= 4 is 35.1 Å². The molecule has 0 aliphatic rings. The van der Waals surface area contributed by atoms with Crippen LogP contribution in [0.25, 0.3) is 0 Å². The largest absolute Gasteiger partial charge is 0.456 e. The van der Waals surface area contributed by atoms with Crippen molar-refractivity contribution in [1.82, 2.24) is 0 Å². The molecule has 0 N–H and O–H groups in total. The molecule has 0 saturated carbocycles. The minimum Gasteiger partial charge on any atom is -0.456 e. The van der Waals surface area contributed by atoms with Gasteiger partial charge in [0.25, 0.3) is 0 Å². The minimum atomic E-state index is -1.04. The van der Waals surface area contributed by atoms with Gasteiger partial charge < -0.3 is 9.47 Å². The van der Waals surface area contributed by atoms with Crippen LogP contribution in [0, 0.1) is 0 Å². The lowest BCUT2D eigenvalue weighted by atomic mass is 10.6. The third-order valence-corrected chi connectivity index (χ3v) is 1.10. The van der Waals surface area contributed by atoms with Crippen molar-refractivity contribution < 1.29 is 19.1 Å². The quantitative estimate of drug-likeness (QED) is 0.390. The summed E-state index contributed by atoms with van der Waals surface area (Å²) in [6, 6.07) is 0. The van der Waals surface area contributed by atoms with Gasteiger partial charge in [0.1, 0.15) is 13.2 Å². The number of halogens is 2. The summed E-state index contributed by atoms with van der Waals surface area (Å²) in [7, 11) is 0. The lowest BCUT2D eigenvalue weighted by Crippen LogP contribution is -2.21. The Balaban J connectivity index is 3.55. The van der Waals surface area contributed by atoms with E-state index in [0.29, 0.717) is 0 Å². The molecule has 0 heterocycles. The van der Waals surface area contributed by atoms with E-state index in [-0.39, 0.29) is 25.0 Å². The summed E-state index contributed by atoms with van der Waals surface area (Å²) in [5.41, 5.74) is 0. The highest BCUT2D eigenvalue weighted by Crippen LogP contribution is 1.87. The van der Waals surface area contributed by atoms with Crippen molar-refractivity contribution in [1.29, 1.82) is 0 Å². The molecular weight excluding hydrogens is 207 g/mol. The molecule has 0 atom stereocenters. The van der Waals surface area contributed by atoms with Gasteiger partial charge in [0.05, 0.1) is 11.8 Å². The van der Waals surface area contributed by atoms with Gasteiger partial charge in [-0.15, -0.1) is 23.2 Å². The summed E-state index contributed by atoms with van der Waals surface area (Å²) in [6.45, 7) is -0.00721. The first-order valence-corrected chi connectivity index (χ1v) is 4.25. The van der Waals surface area contributed by atoms with E-state index in [4.69, 9.17) is 23.2 Å². The fourth-order valence-corrected chi connectivity index (χ4v) is 0.535. The third kappa shape index (κ3) is 5.21. The fraction of sp³-hybridized carbons (Fsp3) is 0.667. The minimum absolute atomic E-state index is 0.00361. The Morgan fingerprint density at radius 1 is 0.917 bits per heavy atom. The standard InChI is InChI=1S/C6H8Cl2O4/c7-1-3-11-5(9)6(10)12-4-2-8/h1-4H2. The lowest BCUT2D eigenvalue weighted by Gasteiger charge is -2.01. The van der Waals surface area contributed by atoms with Gasteiger partial charge in [-0.2, -0.15) is 0 Å². The fourth-order valence-electron chi connectivity index (χ4n) is 0.380. The zero-order chi connectivity index (χ0) is 9.40. The molecule has 0 amide bonds. The Hall–Kier alpha value is -0.480. The van der Waals surface area contributed by atoms with Gasteiger partial charge >= 0.3 is 11.9 Å². The van der Waals surface area contributed by atoms with Crippen LogP contribution >= 0.6 is 23.2 Å². The normalized spacial score (nSPS) is 9.17. The Labute approximate surface area is 79.7 Å². The van der Waals surface area contributed by atoms with Crippen LogP contribution in [0.3, 0.4) is 0 Å². The van der Waals surface area contributed by atoms with E-state index in [9.17, 15) is 9.59 Å². The molecule has 0 aromatic heterocycles. The second-order valence-corrected chi connectivity index (χ2v) is 2.41. The number of ether oxygens (including phenoxy) is 2. The Morgan fingerprint density at radius 2 is 1.25 bits per heavy atom. The zero-order valence-electron chi connectivity index (χ0n) is 6.22. The first kappa shape index (κ1) is 11.5. The molecule has 70 valence electrons. The van der Waals surface area contributed by atoms with Crippen LogP contribution in [-0.4, -0.2) is 36.9 Å². The number of hydrogen-bond donors (Lipinski definition) is 0. The average molecular weight is 215 g/mol. The van der Waals surface area contributed by atoms with E-state index in [1.54, 1.807) is 0 Å². The van der Waals surface area contributed by atoms with Crippen molar-refractivity contribution in [3.8, 4) is 0 Å². The predicted octanol–water partition coefficient (Wildman–Crippen LogP) is 0.550. The second kappa shape index (κ2) is 7.18. The molecule has 0 fully saturated rings. The Bertz CT molecular complexity index is 142. The van der Waals surface area contributed by atoms with Crippen LogP contribution in [0.4, 0.5) is 0 Å². The van der Waals surface area contributed by atoms with Gasteiger partial charge in [-0.1, -0.05) is 0 Å². The molecule has 0 saturated heterocycles. The smallest absolute Gasteiger partial charge is 0.417 e. The molecule has 0 aliphatic carbocycles. The molecule has 0 rings (SSSR count). The summed E-state index contributed by atoms with van der Waals surface area (Å²) < 4.78 is 8.72. The number of carbonyl (C=O) groups is 2. The van der Waals surface area contributed by atoms with Gasteiger partial charge in [0.15, 0.2) is 0 Å². The molecule has 0 aromatic rings. The lowest BCUT2D eigenvalue weighted by molar-refractivity contribution is -0.166. The highest BCUT2D eigenvalue weighted by molar-refractivity contribution is 6.30. The van der Waals surface area contributed by atoms with Crippen molar-refractivity contribution in [2.24, 2.45) is 0 Å². The summed E-state index contributed by atoms with van der Waals surface area (Å²) >= 11 is 10.4. The predicted molar refractivity (Wildman–Crippen MR) is 43.4 cm³/mol. The molecule has 0 aliphatic heterocycles. The van der Waals surface area contributed by atoms with E-state index in [1.807, 2.05) is 0 Å². The number of hydrogen-bond acceptors (Lipinski definition) is 4. The number of carbonyl (C=O) groups excluding carboxylic acids is 2. The SMILES string of the molecule is O=C(OCCCl)C(=O)OCCCl. The zero-order valence-corrected chi connectivity index (χ0v) is 7.73. The molecular formula is C6H8Cl2O4. The van der Waals surface area contributed by atoms with E-state index < -0.39 is 11.9 Å². The van der Waals surface area contributed by atoms with Crippen LogP contribution in [-0.2, 0) is 19.1 Å². The van der Waals surface area contributed by atoms with E-state index in [2.05, 4.69) is 9.47 Å². The molecule has 0 spiro atoms. The molecule has 4 nitrogen and oxygen atoms in total. The molecule has 6 heteroatoms. The topological polar surface area (TPSA) is 52.6 Å². The third-order valence-electron chi connectivity index (χ3n) is 0.787. The van der Waals surface area contributed by atoms with Gasteiger partial charge in [0.2, 0.25) is 0 Å². The summed E-state index contributed by atoms with van der Waals surface area (Å²) in [5.74, 6) is -1.79. The molecule has 0 radical (unpaired) electrons. The first-order valence-electron chi connectivity index (χ1n) is 3.18. The monoisotopic (exact) mass is 214 g/mol. The summed E-state index contributed by atoms with van der Waals surface area (Å²) in [5, 5.41) is 0. The first-order chi connectivity index (χ1) is 5.72. The van der Waals surface area contributed by atoms with Crippen molar-refractivity contribution in [2.45, 2.75) is 0 Å². The van der Waals surface area contributed by atoms with Gasteiger partial charge in [0, 0.05) is 0 Å². The van der Waals surface area contributed by atoms with Crippen molar-refractivity contribution in [3.05, 3.63) is 0 Å². The second-order valence-electron chi connectivity index (χ2n) is 1.65. The Kier molecular flexibility index (Phi) is 6.90. The van der Waals surface area contributed by atoms with Crippen LogP contribution in [0.2, 0.25) is 0 Å². The Morgan fingerprint density at radius 3 is 1.50 bits per heavy atom. The van der Waals surface area contributed by atoms with Crippen LogP contribution in [0.1, 0.15) is 0 Å². The van der Waals surface area contributed by atoms with Crippen LogP contribution < -0.4 is 0 Å². The summed E-state index contributed by atoms with van der Waals surface area (Å²) in [6.07, 6.45) is 0. The maximum Gasteiger partial charge on any atom is 0.417 e. The van der Waals surface area contributed by atoms with Crippen LogP contribution in [0.15, 0.2) is 0 Å². The molecule has 0 bridgehead atoms. The highest BCUT2D eigenvalue weighted by atomic mass is 35.5. The van der Waals surface area contributed by atoms with Crippen molar-refractivity contribution in [2.75, 3.05) is 25.0 Å². The molecule has 12 heavy (non-hydrogen) atoms. The van der Waals surface area contributed by atoms with Crippen LogP contribution in [0.5, 0.6) is 0 Å². The van der Waals surface area contributed by atoms with Crippen molar-refractivity contribution in [3.63, 3.8) is 0 Å². The van der Waals surface area contributed by atoms with Gasteiger partial charge in [-0.05, 0) is 0 Å².